The van der Waals surface area contributed by atoms with Crippen LogP contribution < -0.4 is 0 Å². The lowest BCUT2D eigenvalue weighted by molar-refractivity contribution is -0.107. The van der Waals surface area contributed by atoms with Crippen LogP contribution in [0, 0.1) is 23.7 Å². The van der Waals surface area contributed by atoms with E-state index in [9.17, 15) is 9.90 Å². The number of carbonyl (C=O) groups excluding carboxylic acids is 1. The first-order valence-electron chi connectivity index (χ1n) is 7.98. The SMILES string of the molecule is CC1(C)[C@@H]2CC[C@@]1(C)[C@@H](O)C2.Cc1ccc(CC=O)cc1. The highest BCUT2D eigenvalue weighted by Gasteiger charge is 2.60. The zero-order valence-electron chi connectivity index (χ0n) is 13.7. The number of hydrogen-bond donors (Lipinski definition) is 1. The van der Waals surface area contributed by atoms with Crippen molar-refractivity contribution in [1.29, 1.82) is 0 Å². The lowest BCUT2D eigenvalue weighted by Gasteiger charge is -2.36. The van der Waals surface area contributed by atoms with E-state index in [1.165, 1.54) is 18.4 Å². The van der Waals surface area contributed by atoms with E-state index in [0.717, 1.165) is 24.2 Å². The molecule has 0 saturated heterocycles. The Morgan fingerprint density at radius 3 is 2.19 bits per heavy atom. The second kappa shape index (κ2) is 5.92. The zero-order chi connectivity index (χ0) is 15.7. The van der Waals surface area contributed by atoms with Crippen LogP contribution in [-0.4, -0.2) is 17.5 Å². The van der Waals surface area contributed by atoms with Crippen LogP contribution in [0.15, 0.2) is 24.3 Å². The van der Waals surface area contributed by atoms with Gasteiger partial charge in [-0.25, -0.2) is 0 Å². The van der Waals surface area contributed by atoms with Crippen LogP contribution >= 0.6 is 0 Å². The summed E-state index contributed by atoms with van der Waals surface area (Å²) in [5.74, 6) is 0.780. The maximum Gasteiger partial charge on any atom is 0.124 e. The number of fused-ring (bicyclic) bond motifs is 2. The molecule has 1 aromatic carbocycles. The maximum absolute atomic E-state index is 10.1. The minimum atomic E-state index is -0.0313. The Morgan fingerprint density at radius 2 is 1.86 bits per heavy atom. The number of rotatable bonds is 2. The normalized spacial score (nSPS) is 32.4. The largest absolute Gasteiger partial charge is 0.393 e. The first kappa shape index (κ1) is 16.2. The number of aryl methyl sites for hydroxylation is 1. The Morgan fingerprint density at radius 1 is 1.24 bits per heavy atom. The molecule has 0 heterocycles. The van der Waals surface area contributed by atoms with Gasteiger partial charge in [0.05, 0.1) is 6.10 Å². The topological polar surface area (TPSA) is 37.3 Å². The van der Waals surface area contributed by atoms with Gasteiger partial charge >= 0.3 is 0 Å². The average molecular weight is 288 g/mol. The third-order valence-corrected chi connectivity index (χ3v) is 6.19. The molecule has 2 saturated carbocycles. The summed E-state index contributed by atoms with van der Waals surface area (Å²) in [6.45, 7) is 8.93. The van der Waals surface area contributed by atoms with Gasteiger partial charge < -0.3 is 9.90 Å². The maximum atomic E-state index is 10.1. The molecule has 0 unspecified atom stereocenters. The molecule has 2 fully saturated rings. The van der Waals surface area contributed by atoms with Gasteiger partial charge in [0.15, 0.2) is 0 Å². The number of aliphatic hydroxyl groups is 1. The lowest BCUT2D eigenvalue weighted by Crippen LogP contribution is -2.35. The highest BCUT2D eigenvalue weighted by atomic mass is 16.3. The van der Waals surface area contributed by atoms with Crippen LogP contribution in [-0.2, 0) is 11.2 Å². The van der Waals surface area contributed by atoms with Gasteiger partial charge in [-0.2, -0.15) is 0 Å². The van der Waals surface area contributed by atoms with E-state index in [1.54, 1.807) is 0 Å². The van der Waals surface area contributed by atoms with E-state index in [4.69, 9.17) is 0 Å². The van der Waals surface area contributed by atoms with Crippen molar-refractivity contribution in [3.05, 3.63) is 35.4 Å². The molecule has 21 heavy (non-hydrogen) atoms. The summed E-state index contributed by atoms with van der Waals surface area (Å²) in [5.41, 5.74) is 2.92. The molecule has 3 rings (SSSR count). The Hall–Kier alpha value is -1.15. The molecule has 0 aliphatic heterocycles. The number of hydrogen-bond acceptors (Lipinski definition) is 2. The number of benzene rings is 1. The molecular weight excluding hydrogens is 260 g/mol. The molecule has 2 aliphatic carbocycles. The van der Waals surface area contributed by atoms with Crippen LogP contribution in [0.3, 0.4) is 0 Å². The van der Waals surface area contributed by atoms with Gasteiger partial charge in [0, 0.05) is 6.42 Å². The van der Waals surface area contributed by atoms with Crippen LogP contribution in [0.1, 0.15) is 51.2 Å². The molecule has 1 N–H and O–H groups in total. The number of aliphatic hydroxyl groups excluding tert-OH is 1. The fourth-order valence-electron chi connectivity index (χ4n) is 3.98. The second-order valence-electron chi connectivity index (χ2n) is 7.48. The molecule has 2 bridgehead atoms. The summed E-state index contributed by atoms with van der Waals surface area (Å²) in [6, 6.07) is 7.98. The van der Waals surface area contributed by atoms with Crippen molar-refractivity contribution in [2.24, 2.45) is 16.7 Å². The van der Waals surface area contributed by atoms with Crippen molar-refractivity contribution in [3.63, 3.8) is 0 Å². The van der Waals surface area contributed by atoms with Crippen LogP contribution in [0.25, 0.3) is 0 Å². The van der Waals surface area contributed by atoms with Gasteiger partial charge in [-0.05, 0) is 48.5 Å². The molecule has 2 heteroatoms. The summed E-state index contributed by atoms with van der Waals surface area (Å²) in [4.78, 5) is 10.1. The van der Waals surface area contributed by atoms with E-state index < -0.39 is 0 Å². The molecule has 0 spiro atoms. The van der Waals surface area contributed by atoms with Crippen molar-refractivity contribution in [2.75, 3.05) is 0 Å². The van der Waals surface area contributed by atoms with E-state index in [-0.39, 0.29) is 11.5 Å². The molecule has 2 aliphatic rings. The van der Waals surface area contributed by atoms with E-state index >= 15 is 0 Å². The molecule has 2 nitrogen and oxygen atoms in total. The third kappa shape index (κ3) is 2.91. The molecule has 1 aromatic rings. The van der Waals surface area contributed by atoms with Gasteiger partial charge in [0.1, 0.15) is 6.29 Å². The van der Waals surface area contributed by atoms with Crippen molar-refractivity contribution >= 4 is 6.29 Å². The second-order valence-corrected chi connectivity index (χ2v) is 7.48. The molecule has 0 aromatic heterocycles. The summed E-state index contributed by atoms with van der Waals surface area (Å²) >= 11 is 0. The molecule has 0 amide bonds. The standard InChI is InChI=1S/C10H18O.C9H10O/c1-9(2)7-4-5-10(9,3)8(11)6-7;1-8-2-4-9(5-3-8)6-7-10/h7-8,11H,4-6H2,1-3H3;2-5,7H,6H2,1H3/t7-,8+,10+;/m1./s1. The monoisotopic (exact) mass is 288 g/mol. The van der Waals surface area contributed by atoms with Crippen LogP contribution in [0.5, 0.6) is 0 Å². The molecular formula is C19H28O2. The van der Waals surface area contributed by atoms with Crippen molar-refractivity contribution in [3.8, 4) is 0 Å². The fourth-order valence-corrected chi connectivity index (χ4v) is 3.98. The summed E-state index contributed by atoms with van der Waals surface area (Å²) in [7, 11) is 0. The number of carbonyl (C=O) groups is 1. The fraction of sp³-hybridized carbons (Fsp3) is 0.632. The minimum Gasteiger partial charge on any atom is -0.393 e. The Labute approximate surface area is 128 Å². The van der Waals surface area contributed by atoms with Crippen LogP contribution in [0.4, 0.5) is 0 Å². The third-order valence-electron chi connectivity index (χ3n) is 6.19. The van der Waals surface area contributed by atoms with Gasteiger partial charge in [-0.15, -0.1) is 0 Å². The van der Waals surface area contributed by atoms with Crippen molar-refractivity contribution in [2.45, 2.75) is 59.5 Å². The summed E-state index contributed by atoms with van der Waals surface area (Å²) < 4.78 is 0. The van der Waals surface area contributed by atoms with Gasteiger partial charge in [-0.3, -0.25) is 0 Å². The molecule has 3 atom stereocenters. The Kier molecular flexibility index (Phi) is 4.57. The smallest absolute Gasteiger partial charge is 0.124 e. The number of aldehydes is 1. The summed E-state index contributed by atoms with van der Waals surface area (Å²) in [6.07, 6.45) is 5.03. The van der Waals surface area contributed by atoms with Gasteiger partial charge in [-0.1, -0.05) is 50.6 Å². The van der Waals surface area contributed by atoms with Gasteiger partial charge in [0.25, 0.3) is 0 Å². The van der Waals surface area contributed by atoms with E-state index in [1.807, 2.05) is 31.2 Å². The molecule has 116 valence electrons. The highest BCUT2D eigenvalue weighted by molar-refractivity contribution is 5.54. The van der Waals surface area contributed by atoms with Crippen LogP contribution in [0.2, 0.25) is 0 Å². The molecule has 0 radical (unpaired) electrons. The van der Waals surface area contributed by atoms with E-state index in [2.05, 4.69) is 20.8 Å². The first-order chi connectivity index (χ1) is 9.81. The Bertz CT molecular complexity index is 489. The highest BCUT2D eigenvalue weighted by Crippen LogP contribution is 2.65. The quantitative estimate of drug-likeness (QED) is 0.837. The lowest BCUT2D eigenvalue weighted by atomic mass is 9.70. The summed E-state index contributed by atoms with van der Waals surface area (Å²) in [5, 5.41) is 9.81. The minimum absolute atomic E-state index is 0.0313. The van der Waals surface area contributed by atoms with Gasteiger partial charge in [0.2, 0.25) is 0 Å². The van der Waals surface area contributed by atoms with Crippen molar-refractivity contribution < 1.29 is 9.90 Å². The van der Waals surface area contributed by atoms with E-state index in [0.29, 0.717) is 11.8 Å². The zero-order valence-corrected chi connectivity index (χ0v) is 13.7. The van der Waals surface area contributed by atoms with Crippen molar-refractivity contribution in [1.82, 2.24) is 0 Å². The first-order valence-corrected chi connectivity index (χ1v) is 7.98. The predicted octanol–water partition coefficient (Wildman–Crippen LogP) is 3.93. The Balaban J connectivity index is 0.000000155. The average Bonchev–Trinajstić information content (AvgIpc) is 2.75. The predicted molar refractivity (Wildman–Crippen MR) is 86.2 cm³/mol.